The number of aryl methyl sites for hydroxylation is 2. The van der Waals surface area contributed by atoms with Crippen molar-refractivity contribution in [2.24, 2.45) is 7.05 Å². The zero-order valence-electron chi connectivity index (χ0n) is 9.73. The van der Waals surface area contributed by atoms with Crippen LogP contribution >= 0.6 is 0 Å². The topological polar surface area (TPSA) is 64.3 Å². The van der Waals surface area contributed by atoms with Crippen molar-refractivity contribution in [2.75, 3.05) is 7.11 Å². The molecule has 0 aliphatic heterocycles. The van der Waals surface area contributed by atoms with Crippen LogP contribution in [0, 0.1) is 6.92 Å². The second kappa shape index (κ2) is 3.59. The molecule has 5 heteroatoms. The number of hydrogen-bond acceptors (Lipinski definition) is 4. The minimum atomic E-state index is -1.10. The van der Waals surface area contributed by atoms with Crippen LogP contribution in [-0.4, -0.2) is 34.1 Å². The smallest absolute Gasteiger partial charge is 0.335 e. The molecule has 0 bridgehead atoms. The highest BCUT2D eigenvalue weighted by Gasteiger charge is 2.55. The molecule has 0 aromatic carbocycles. The highest BCUT2D eigenvalue weighted by Crippen LogP contribution is 2.50. The van der Waals surface area contributed by atoms with Crippen LogP contribution in [0.3, 0.4) is 0 Å². The van der Waals surface area contributed by atoms with Crippen LogP contribution in [0.25, 0.3) is 0 Å². The number of carbonyl (C=O) groups is 1. The zero-order valence-corrected chi connectivity index (χ0v) is 9.73. The molecule has 1 N–H and O–H groups in total. The Bertz CT molecular complexity index is 401. The van der Waals surface area contributed by atoms with Gasteiger partial charge in [0.2, 0.25) is 0 Å². The van der Waals surface area contributed by atoms with E-state index in [1.165, 1.54) is 7.11 Å². The summed E-state index contributed by atoms with van der Waals surface area (Å²) in [4.78, 5) is 11.4. The van der Waals surface area contributed by atoms with Gasteiger partial charge in [0.15, 0.2) is 6.10 Å². The first-order valence-electron chi connectivity index (χ1n) is 5.28. The zero-order chi connectivity index (χ0) is 11.9. The molecule has 1 fully saturated rings. The molecule has 1 saturated carbocycles. The first kappa shape index (κ1) is 11.1. The maximum atomic E-state index is 11.4. The summed E-state index contributed by atoms with van der Waals surface area (Å²) in [6, 6.07) is 1.92. The number of rotatable bonds is 3. The third kappa shape index (κ3) is 1.51. The molecule has 0 amide bonds. The van der Waals surface area contributed by atoms with Gasteiger partial charge in [-0.05, 0) is 25.8 Å². The number of hydrogen-bond donors (Lipinski definition) is 1. The molecule has 0 saturated heterocycles. The lowest BCUT2D eigenvalue weighted by Gasteiger charge is -2.17. The first-order valence-corrected chi connectivity index (χ1v) is 5.28. The molecule has 2 rings (SSSR count). The van der Waals surface area contributed by atoms with Crippen molar-refractivity contribution in [1.82, 2.24) is 9.78 Å². The largest absolute Gasteiger partial charge is 0.467 e. The Hall–Kier alpha value is -1.36. The summed E-state index contributed by atoms with van der Waals surface area (Å²) in [5.41, 5.74) is 1.28. The second-order valence-electron chi connectivity index (χ2n) is 4.38. The van der Waals surface area contributed by atoms with E-state index >= 15 is 0 Å². The SMILES string of the molecule is COC(=O)C(O)C1(c2cc(C)n(C)n2)CC1. The predicted octanol–water partition coefficient (Wildman–Crippen LogP) is 0.294. The summed E-state index contributed by atoms with van der Waals surface area (Å²) in [6.07, 6.45) is 0.450. The second-order valence-corrected chi connectivity index (χ2v) is 4.38. The lowest BCUT2D eigenvalue weighted by atomic mass is 9.95. The molecule has 5 nitrogen and oxygen atoms in total. The molecule has 1 aliphatic rings. The van der Waals surface area contributed by atoms with Gasteiger partial charge < -0.3 is 9.84 Å². The maximum Gasteiger partial charge on any atom is 0.335 e. The summed E-state index contributed by atoms with van der Waals surface area (Å²) < 4.78 is 6.32. The van der Waals surface area contributed by atoms with E-state index in [1.54, 1.807) is 4.68 Å². The number of aromatic nitrogens is 2. The van der Waals surface area contributed by atoms with E-state index in [-0.39, 0.29) is 0 Å². The normalized spacial score (nSPS) is 19.2. The minimum absolute atomic E-state index is 0.515. The molecular weight excluding hydrogens is 208 g/mol. The molecule has 0 spiro atoms. The molecule has 1 atom stereocenters. The van der Waals surface area contributed by atoms with Crippen molar-refractivity contribution < 1.29 is 14.6 Å². The van der Waals surface area contributed by atoms with E-state index < -0.39 is 17.5 Å². The summed E-state index contributed by atoms with van der Waals surface area (Å²) in [5.74, 6) is -0.583. The molecule has 1 heterocycles. The van der Waals surface area contributed by atoms with E-state index in [0.717, 1.165) is 24.2 Å². The summed E-state index contributed by atoms with van der Waals surface area (Å²) in [6.45, 7) is 1.94. The van der Waals surface area contributed by atoms with E-state index in [9.17, 15) is 9.90 Å². The van der Waals surface area contributed by atoms with Gasteiger partial charge in [-0.15, -0.1) is 0 Å². The monoisotopic (exact) mass is 224 g/mol. The fraction of sp³-hybridized carbons (Fsp3) is 0.636. The molecule has 1 aliphatic carbocycles. The van der Waals surface area contributed by atoms with Crippen LogP contribution in [0.5, 0.6) is 0 Å². The van der Waals surface area contributed by atoms with Gasteiger partial charge in [0.25, 0.3) is 0 Å². The molecule has 1 unspecified atom stereocenters. The van der Waals surface area contributed by atoms with E-state index in [4.69, 9.17) is 0 Å². The van der Waals surface area contributed by atoms with Crippen LogP contribution in [0.15, 0.2) is 6.07 Å². The average Bonchev–Trinajstić information content (AvgIpc) is 3.01. The number of carbonyl (C=O) groups excluding carboxylic acids is 1. The van der Waals surface area contributed by atoms with E-state index in [1.807, 2.05) is 20.0 Å². The van der Waals surface area contributed by atoms with Crippen LogP contribution in [-0.2, 0) is 22.0 Å². The van der Waals surface area contributed by atoms with Crippen LogP contribution < -0.4 is 0 Å². The van der Waals surface area contributed by atoms with Gasteiger partial charge >= 0.3 is 5.97 Å². The van der Waals surface area contributed by atoms with Gasteiger partial charge in [-0.25, -0.2) is 4.79 Å². The molecular formula is C11H16N2O3. The summed E-state index contributed by atoms with van der Waals surface area (Å²) >= 11 is 0. The fourth-order valence-corrected chi connectivity index (χ4v) is 1.95. The number of nitrogens with zero attached hydrogens (tertiary/aromatic N) is 2. The molecule has 0 radical (unpaired) electrons. The standard InChI is InChI=1S/C11H16N2O3/c1-7-6-8(12-13(7)2)11(4-5-11)9(14)10(15)16-3/h6,9,14H,4-5H2,1-3H3. The van der Waals surface area contributed by atoms with Crippen molar-refractivity contribution >= 4 is 5.97 Å². The van der Waals surface area contributed by atoms with Crippen LogP contribution in [0.1, 0.15) is 24.2 Å². The predicted molar refractivity (Wildman–Crippen MR) is 56.9 cm³/mol. The van der Waals surface area contributed by atoms with Crippen molar-refractivity contribution in [3.8, 4) is 0 Å². The van der Waals surface area contributed by atoms with Gasteiger partial charge in [-0.3, -0.25) is 4.68 Å². The van der Waals surface area contributed by atoms with Crippen molar-refractivity contribution in [3.63, 3.8) is 0 Å². The quantitative estimate of drug-likeness (QED) is 0.750. The lowest BCUT2D eigenvalue weighted by molar-refractivity contribution is -0.152. The van der Waals surface area contributed by atoms with Crippen LogP contribution in [0.2, 0.25) is 0 Å². The molecule has 88 valence electrons. The lowest BCUT2D eigenvalue weighted by Crippen LogP contribution is -2.35. The van der Waals surface area contributed by atoms with E-state index in [0.29, 0.717) is 0 Å². The Morgan fingerprint density at radius 3 is 2.69 bits per heavy atom. The summed E-state index contributed by atoms with van der Waals surface area (Å²) in [5, 5.41) is 14.3. The van der Waals surface area contributed by atoms with Gasteiger partial charge in [0.05, 0.1) is 18.2 Å². The maximum absolute atomic E-state index is 11.4. The Balaban J connectivity index is 2.29. The average molecular weight is 224 g/mol. The Morgan fingerprint density at radius 2 is 2.31 bits per heavy atom. The fourth-order valence-electron chi connectivity index (χ4n) is 1.95. The van der Waals surface area contributed by atoms with Gasteiger partial charge in [0.1, 0.15) is 0 Å². The van der Waals surface area contributed by atoms with Gasteiger partial charge in [-0.2, -0.15) is 5.10 Å². The van der Waals surface area contributed by atoms with Gasteiger partial charge in [-0.1, -0.05) is 0 Å². The third-order valence-corrected chi connectivity index (χ3v) is 3.36. The Kier molecular flexibility index (Phi) is 2.50. The van der Waals surface area contributed by atoms with Crippen molar-refractivity contribution in [2.45, 2.75) is 31.3 Å². The number of aliphatic hydroxyl groups excluding tert-OH is 1. The number of esters is 1. The third-order valence-electron chi connectivity index (χ3n) is 3.36. The number of aliphatic hydroxyl groups is 1. The highest BCUT2D eigenvalue weighted by atomic mass is 16.5. The highest BCUT2D eigenvalue weighted by molar-refractivity contribution is 5.77. The molecule has 1 aromatic heterocycles. The molecule has 1 aromatic rings. The Labute approximate surface area is 94.0 Å². The molecule has 16 heavy (non-hydrogen) atoms. The minimum Gasteiger partial charge on any atom is -0.467 e. The van der Waals surface area contributed by atoms with Crippen molar-refractivity contribution in [3.05, 3.63) is 17.5 Å². The van der Waals surface area contributed by atoms with Gasteiger partial charge in [0, 0.05) is 12.7 Å². The van der Waals surface area contributed by atoms with E-state index in [2.05, 4.69) is 9.84 Å². The number of methoxy groups -OCH3 is 1. The Morgan fingerprint density at radius 1 is 1.69 bits per heavy atom. The number of ether oxygens (including phenoxy) is 1. The summed E-state index contributed by atoms with van der Waals surface area (Å²) in [7, 11) is 3.13. The van der Waals surface area contributed by atoms with Crippen molar-refractivity contribution in [1.29, 1.82) is 0 Å². The first-order chi connectivity index (χ1) is 7.51. The van der Waals surface area contributed by atoms with Crippen LogP contribution in [0.4, 0.5) is 0 Å².